The first-order valence-corrected chi connectivity index (χ1v) is 8.22. The molecule has 0 aromatic heterocycles. The van der Waals surface area contributed by atoms with Crippen molar-refractivity contribution in [2.24, 2.45) is 11.1 Å². The van der Waals surface area contributed by atoms with Crippen LogP contribution in [0.25, 0.3) is 0 Å². The number of halogens is 2. The van der Waals surface area contributed by atoms with E-state index in [1.807, 2.05) is 32.7 Å². The van der Waals surface area contributed by atoms with Gasteiger partial charge in [0.15, 0.2) is 0 Å². The lowest BCUT2D eigenvalue weighted by molar-refractivity contribution is -0.134. The topological polar surface area (TPSA) is 46.3 Å². The number of amides is 1. The maximum Gasteiger partial charge on any atom is 0.239 e. The highest BCUT2D eigenvalue weighted by molar-refractivity contribution is 9.10. The normalized spacial score (nSPS) is 17.4. The van der Waals surface area contributed by atoms with Gasteiger partial charge in [0.05, 0.1) is 6.04 Å². The molecule has 22 heavy (non-hydrogen) atoms. The zero-order valence-electron chi connectivity index (χ0n) is 13.7. The molecule has 1 aliphatic rings. The zero-order valence-corrected chi connectivity index (χ0v) is 16.1. The monoisotopic (exact) mass is 388 g/mol. The van der Waals surface area contributed by atoms with Crippen molar-refractivity contribution in [2.45, 2.75) is 45.1 Å². The highest BCUT2D eigenvalue weighted by Crippen LogP contribution is 2.48. The summed E-state index contributed by atoms with van der Waals surface area (Å²) < 4.78 is 1.08. The van der Waals surface area contributed by atoms with Gasteiger partial charge < -0.3 is 10.6 Å². The van der Waals surface area contributed by atoms with Crippen molar-refractivity contribution in [3.8, 4) is 0 Å². The Morgan fingerprint density at radius 3 is 2.23 bits per heavy atom. The summed E-state index contributed by atoms with van der Waals surface area (Å²) >= 11 is 3.47. The van der Waals surface area contributed by atoms with E-state index < -0.39 is 6.04 Å². The second-order valence-electron chi connectivity index (χ2n) is 7.33. The Morgan fingerprint density at radius 2 is 1.82 bits per heavy atom. The van der Waals surface area contributed by atoms with Crippen molar-refractivity contribution in [3.05, 3.63) is 34.3 Å². The molecule has 2 rings (SSSR count). The fourth-order valence-electron chi connectivity index (χ4n) is 2.63. The van der Waals surface area contributed by atoms with E-state index in [-0.39, 0.29) is 29.1 Å². The van der Waals surface area contributed by atoms with E-state index in [1.165, 1.54) is 5.56 Å². The minimum absolute atomic E-state index is 0. The summed E-state index contributed by atoms with van der Waals surface area (Å²) in [5, 5.41) is 0. The molecule has 1 atom stereocenters. The molecule has 3 nitrogen and oxygen atoms in total. The number of nitrogens with two attached hydrogens (primary N) is 1. The quantitative estimate of drug-likeness (QED) is 0.852. The Hall–Kier alpha value is -0.580. The van der Waals surface area contributed by atoms with Crippen molar-refractivity contribution in [2.75, 3.05) is 13.6 Å². The SMILES string of the molecule is CN(CC1(c2ccc(Br)cc2)CC1)C(=O)[C@@H](N)C(C)(C)C.Cl. The fourth-order valence-corrected chi connectivity index (χ4v) is 2.90. The zero-order chi connectivity index (χ0) is 15.8. The molecule has 0 unspecified atom stereocenters. The molecule has 1 aromatic rings. The molecule has 5 heteroatoms. The molecule has 1 saturated carbocycles. The Labute approximate surface area is 148 Å². The third-order valence-corrected chi connectivity index (χ3v) is 4.95. The van der Waals surface area contributed by atoms with Crippen LogP contribution in [0.5, 0.6) is 0 Å². The number of carbonyl (C=O) groups is 1. The van der Waals surface area contributed by atoms with Gasteiger partial charge in [0, 0.05) is 23.5 Å². The molecule has 0 saturated heterocycles. The van der Waals surface area contributed by atoms with Gasteiger partial charge in [0.2, 0.25) is 5.91 Å². The maximum absolute atomic E-state index is 12.5. The van der Waals surface area contributed by atoms with E-state index in [4.69, 9.17) is 5.73 Å². The van der Waals surface area contributed by atoms with Gasteiger partial charge in [-0.15, -0.1) is 12.4 Å². The lowest BCUT2D eigenvalue weighted by Gasteiger charge is -2.32. The molecular weight excluding hydrogens is 364 g/mol. The van der Waals surface area contributed by atoms with Gasteiger partial charge in [-0.2, -0.15) is 0 Å². The third-order valence-electron chi connectivity index (χ3n) is 4.43. The first kappa shape index (κ1) is 19.5. The minimum Gasteiger partial charge on any atom is -0.344 e. The van der Waals surface area contributed by atoms with Crippen molar-refractivity contribution >= 4 is 34.2 Å². The lowest BCUT2D eigenvalue weighted by Crippen LogP contribution is -2.50. The van der Waals surface area contributed by atoms with Crippen LogP contribution in [-0.2, 0) is 10.2 Å². The van der Waals surface area contributed by atoms with Crippen LogP contribution in [0.4, 0.5) is 0 Å². The van der Waals surface area contributed by atoms with Crippen LogP contribution in [0, 0.1) is 5.41 Å². The smallest absolute Gasteiger partial charge is 0.239 e. The molecule has 0 aliphatic heterocycles. The average molecular weight is 390 g/mol. The number of nitrogens with zero attached hydrogens (tertiary/aromatic N) is 1. The van der Waals surface area contributed by atoms with Crippen molar-refractivity contribution in [1.82, 2.24) is 4.90 Å². The van der Waals surface area contributed by atoms with Crippen LogP contribution in [-0.4, -0.2) is 30.4 Å². The first-order valence-electron chi connectivity index (χ1n) is 7.42. The van der Waals surface area contributed by atoms with Gasteiger partial charge in [-0.3, -0.25) is 4.79 Å². The summed E-state index contributed by atoms with van der Waals surface area (Å²) in [5.41, 5.74) is 7.33. The van der Waals surface area contributed by atoms with Crippen molar-refractivity contribution in [3.63, 3.8) is 0 Å². The number of rotatable bonds is 4. The van der Waals surface area contributed by atoms with Gasteiger partial charge in [-0.05, 0) is 36.0 Å². The molecule has 1 aliphatic carbocycles. The Bertz CT molecular complexity index is 520. The first-order chi connectivity index (χ1) is 9.66. The molecule has 0 spiro atoms. The summed E-state index contributed by atoms with van der Waals surface area (Å²) in [4.78, 5) is 14.3. The number of hydrogen-bond donors (Lipinski definition) is 1. The molecule has 0 heterocycles. The molecule has 0 radical (unpaired) electrons. The van der Waals surface area contributed by atoms with Crippen LogP contribution in [0.15, 0.2) is 28.7 Å². The predicted octanol–water partition coefficient (Wildman–Crippen LogP) is 3.73. The predicted molar refractivity (Wildman–Crippen MR) is 97.4 cm³/mol. The van der Waals surface area contributed by atoms with E-state index in [0.29, 0.717) is 0 Å². The summed E-state index contributed by atoms with van der Waals surface area (Å²) in [7, 11) is 1.87. The Morgan fingerprint density at radius 1 is 1.32 bits per heavy atom. The average Bonchev–Trinajstić information content (AvgIpc) is 3.17. The second kappa shape index (κ2) is 6.90. The van der Waals surface area contributed by atoms with E-state index in [9.17, 15) is 4.79 Å². The van der Waals surface area contributed by atoms with Crippen molar-refractivity contribution in [1.29, 1.82) is 0 Å². The van der Waals surface area contributed by atoms with Gasteiger partial charge in [0.1, 0.15) is 0 Å². The number of benzene rings is 1. The van der Waals surface area contributed by atoms with Crippen LogP contribution < -0.4 is 5.73 Å². The number of hydrogen-bond acceptors (Lipinski definition) is 2. The molecule has 1 fully saturated rings. The van der Waals surface area contributed by atoms with Gasteiger partial charge in [0.25, 0.3) is 0 Å². The maximum atomic E-state index is 12.5. The lowest BCUT2D eigenvalue weighted by atomic mass is 9.86. The second-order valence-corrected chi connectivity index (χ2v) is 8.24. The van der Waals surface area contributed by atoms with Crippen LogP contribution in [0.1, 0.15) is 39.2 Å². The standard InChI is InChI=1S/C17H25BrN2O.ClH/c1-16(2,3)14(19)15(21)20(4)11-17(9-10-17)12-5-7-13(18)8-6-12;/h5-8,14H,9-11,19H2,1-4H3;1H/t14-;/m1./s1. The molecule has 124 valence electrons. The summed E-state index contributed by atoms with van der Waals surface area (Å²) in [6.45, 7) is 6.76. The molecular formula is C17H26BrClN2O. The highest BCUT2D eigenvalue weighted by Gasteiger charge is 2.46. The Balaban J connectivity index is 0.00000242. The minimum atomic E-state index is -0.455. The summed E-state index contributed by atoms with van der Waals surface area (Å²) in [6, 6.07) is 7.98. The molecule has 1 aromatic carbocycles. The largest absolute Gasteiger partial charge is 0.344 e. The van der Waals surface area contributed by atoms with Gasteiger partial charge in [-0.1, -0.05) is 48.8 Å². The number of likely N-dealkylation sites (N-methyl/N-ethyl adjacent to an activating group) is 1. The van der Waals surface area contributed by atoms with Crippen LogP contribution >= 0.6 is 28.3 Å². The van der Waals surface area contributed by atoms with E-state index >= 15 is 0 Å². The number of carbonyl (C=O) groups excluding carboxylic acids is 1. The molecule has 0 bridgehead atoms. The third kappa shape index (κ3) is 4.24. The van der Waals surface area contributed by atoms with Crippen LogP contribution in [0.3, 0.4) is 0 Å². The van der Waals surface area contributed by atoms with E-state index in [0.717, 1.165) is 23.9 Å². The molecule has 2 N–H and O–H groups in total. The van der Waals surface area contributed by atoms with Gasteiger partial charge in [-0.25, -0.2) is 0 Å². The van der Waals surface area contributed by atoms with Gasteiger partial charge >= 0.3 is 0 Å². The van der Waals surface area contributed by atoms with Crippen LogP contribution in [0.2, 0.25) is 0 Å². The summed E-state index contributed by atoms with van der Waals surface area (Å²) in [6.07, 6.45) is 2.27. The Kier molecular flexibility index (Phi) is 6.10. The highest BCUT2D eigenvalue weighted by atomic mass is 79.9. The van der Waals surface area contributed by atoms with E-state index in [1.54, 1.807) is 0 Å². The summed E-state index contributed by atoms with van der Waals surface area (Å²) in [5.74, 6) is 0.0332. The van der Waals surface area contributed by atoms with E-state index in [2.05, 4.69) is 40.2 Å². The van der Waals surface area contributed by atoms with Crippen molar-refractivity contribution < 1.29 is 4.79 Å². The fraction of sp³-hybridized carbons (Fsp3) is 0.588. The molecule has 1 amide bonds.